The van der Waals surface area contributed by atoms with Crippen molar-refractivity contribution in [3.63, 3.8) is 0 Å². The van der Waals surface area contributed by atoms with Gasteiger partial charge in [-0.3, -0.25) is 0 Å². The third kappa shape index (κ3) is 104. The molecule has 0 rings (SSSR count). The average Bonchev–Trinajstić information content (AvgIpc) is 0.544. The summed E-state index contributed by atoms with van der Waals surface area (Å²) >= 11 is 3.42. The molecule has 0 atom stereocenters. The van der Waals surface area contributed by atoms with Crippen LogP contribution in [0.2, 0.25) is 0 Å². The number of hydrogen-bond donors (Lipinski definition) is 0. The van der Waals surface area contributed by atoms with Gasteiger partial charge in [-0.1, -0.05) is 0 Å². The van der Waals surface area contributed by atoms with E-state index in [9.17, 15) is 0 Å². The van der Waals surface area contributed by atoms with E-state index < -0.39 is 3.65 Å². The molecule has 0 aliphatic carbocycles. The topological polar surface area (TPSA) is 31.5 Å². The third-order valence-electron chi connectivity index (χ3n) is 0. The zero-order valence-corrected chi connectivity index (χ0v) is 11.4. The van der Waals surface area contributed by atoms with Gasteiger partial charge in [0.05, 0.1) is 0 Å². The Balaban J connectivity index is 0. The fraction of sp³-hybridized carbons (Fsp3) is 0. The normalized spacial score (nSPS) is 24.2. The van der Waals surface area contributed by atoms with Gasteiger partial charge >= 0.3 is 74.5 Å². The average molecular weight is 482 g/mol. The predicted molar refractivity (Wildman–Crippen MR) is 38.7 cm³/mol. The molecule has 0 aromatic rings. The summed E-state index contributed by atoms with van der Waals surface area (Å²) in [6.07, 6.45) is 0. The van der Waals surface area contributed by atoms with Crippen LogP contribution in [0.1, 0.15) is 0 Å². The first-order valence-electron chi connectivity index (χ1n) is 0.867. The molecular formula is H2Cl6CoIrO. The van der Waals surface area contributed by atoms with E-state index in [1.165, 1.54) is 0 Å². The molecule has 0 bridgehead atoms. The standard InChI is InChI=1S/6ClH.Co.Ir.H2O/h6*1H;;;1H2/q;;;;;;;+6;/p-6. The van der Waals surface area contributed by atoms with Crippen LogP contribution in [0, 0.1) is 0 Å². The first kappa shape index (κ1) is 14.4. The minimum atomic E-state index is -6.19. The van der Waals surface area contributed by atoms with Gasteiger partial charge < -0.3 is 5.48 Å². The third-order valence-corrected chi connectivity index (χ3v) is 0. The van der Waals surface area contributed by atoms with Crippen LogP contribution in [-0.2, 0) is 17.0 Å². The van der Waals surface area contributed by atoms with Crippen LogP contribution in [0.25, 0.3) is 0 Å². The predicted octanol–water partition coefficient (Wildman–Crippen LogP) is 3.31. The maximum atomic E-state index is 5.16. The number of rotatable bonds is 0. The molecule has 0 aliphatic rings. The Hall–Kier alpha value is 2.86. The van der Waals surface area contributed by atoms with Gasteiger partial charge in [0, 0.05) is 0 Å². The molecule has 0 amide bonds. The molecule has 2 N–H and O–H groups in total. The molecule has 0 spiro atoms. The van der Waals surface area contributed by atoms with E-state index in [-0.39, 0.29) is 5.48 Å². The van der Waals surface area contributed by atoms with Crippen LogP contribution in [0.4, 0.5) is 0 Å². The van der Waals surface area contributed by atoms with Crippen molar-refractivity contribution >= 4 is 57.5 Å². The van der Waals surface area contributed by atoms with Crippen molar-refractivity contribution in [2.45, 2.75) is 0 Å². The molecule has 0 fully saturated rings. The molecule has 68 valence electrons. The molecule has 0 unspecified atom stereocenters. The summed E-state index contributed by atoms with van der Waals surface area (Å²) in [5, 5.41) is 0. The molecule has 0 saturated heterocycles. The van der Waals surface area contributed by atoms with Gasteiger partial charge in [0.2, 0.25) is 0 Å². The minimum absolute atomic E-state index is 0. The van der Waals surface area contributed by atoms with Gasteiger partial charge in [0.25, 0.3) is 0 Å². The molecule has 0 aromatic carbocycles. The van der Waals surface area contributed by atoms with E-state index in [0.29, 0.717) is 0 Å². The van der Waals surface area contributed by atoms with Crippen molar-refractivity contribution in [1.82, 2.24) is 0 Å². The molecule has 0 aliphatic heterocycles. The fourth-order valence-corrected chi connectivity index (χ4v) is 0. The molecular weight excluding hydrogens is 480 g/mol. The second kappa shape index (κ2) is 1.85. The Kier molecular flexibility index (Phi) is 2.96. The van der Waals surface area contributed by atoms with Gasteiger partial charge in [-0.05, 0) is 0 Å². The maximum absolute atomic E-state index is 6.19. The molecule has 9 heteroatoms. The Morgan fingerprint density at radius 2 is 0.778 bits per heavy atom. The van der Waals surface area contributed by atoms with Gasteiger partial charge in [-0.25, -0.2) is 0 Å². The summed E-state index contributed by atoms with van der Waals surface area (Å²) in [5.74, 6) is 0. The van der Waals surface area contributed by atoms with E-state index in [4.69, 9.17) is 57.5 Å². The summed E-state index contributed by atoms with van der Waals surface area (Å²) in [6.45, 7) is 0. The molecule has 0 radical (unpaired) electrons. The molecule has 1 nitrogen and oxygen atoms in total. The Bertz CT molecular complexity index is 105. The van der Waals surface area contributed by atoms with Crippen molar-refractivity contribution in [1.29, 1.82) is 0 Å². The summed E-state index contributed by atoms with van der Waals surface area (Å²) in [6, 6.07) is 0. The Labute approximate surface area is 78.7 Å². The summed E-state index contributed by atoms with van der Waals surface area (Å²) < 4.78 is -6.19. The van der Waals surface area contributed by atoms with Crippen molar-refractivity contribution in [3.8, 4) is 0 Å². The van der Waals surface area contributed by atoms with Crippen LogP contribution in [0.3, 0.4) is 0 Å². The SMILES string of the molecule is O.[Cl][Ir]([Cl])([Cl])([Cl])([Cl])([Cl])[Co]. The Morgan fingerprint density at radius 3 is 0.778 bits per heavy atom. The summed E-state index contributed by atoms with van der Waals surface area (Å²) in [7, 11) is 31.0. The van der Waals surface area contributed by atoms with Crippen molar-refractivity contribution in [3.05, 3.63) is 0 Å². The van der Waals surface area contributed by atoms with Gasteiger partial charge in [0.15, 0.2) is 0 Å². The van der Waals surface area contributed by atoms with E-state index in [1.807, 2.05) is 0 Å². The van der Waals surface area contributed by atoms with Crippen molar-refractivity contribution < 1.29 is 22.4 Å². The second-order valence-electron chi connectivity index (χ2n) is 0.966. The van der Waals surface area contributed by atoms with E-state index in [2.05, 4.69) is 13.3 Å². The van der Waals surface area contributed by atoms with Crippen LogP contribution >= 0.6 is 57.5 Å². The quantitative estimate of drug-likeness (QED) is 0.508. The second-order valence-corrected chi connectivity index (χ2v) is 78.1. The first-order chi connectivity index (χ1) is 2.65. The van der Waals surface area contributed by atoms with E-state index in [1.54, 1.807) is 0 Å². The molecule has 0 aromatic heterocycles. The zero-order chi connectivity index (χ0) is 7.38. The van der Waals surface area contributed by atoms with Gasteiger partial charge in [0.1, 0.15) is 0 Å². The van der Waals surface area contributed by atoms with E-state index >= 15 is 0 Å². The molecule has 0 saturated carbocycles. The van der Waals surface area contributed by atoms with Gasteiger partial charge in [-0.2, -0.15) is 0 Å². The number of halogens is 6. The summed E-state index contributed by atoms with van der Waals surface area (Å²) in [4.78, 5) is 0. The van der Waals surface area contributed by atoms with E-state index in [0.717, 1.165) is 0 Å². The van der Waals surface area contributed by atoms with Crippen LogP contribution in [0.5, 0.6) is 0 Å². The monoisotopic (exact) mass is 480 g/mol. The van der Waals surface area contributed by atoms with Crippen LogP contribution in [0.15, 0.2) is 0 Å². The first-order valence-corrected chi connectivity index (χ1v) is 22.3. The molecule has 9 heavy (non-hydrogen) atoms. The van der Waals surface area contributed by atoms with Crippen molar-refractivity contribution in [2.24, 2.45) is 0 Å². The van der Waals surface area contributed by atoms with Crippen LogP contribution < -0.4 is 0 Å². The van der Waals surface area contributed by atoms with Crippen LogP contribution in [-0.4, -0.2) is 5.48 Å². The Morgan fingerprint density at radius 1 is 0.778 bits per heavy atom. The zero-order valence-electron chi connectivity index (χ0n) is 3.43. The fourth-order valence-electron chi connectivity index (χ4n) is 0. The van der Waals surface area contributed by atoms with Crippen molar-refractivity contribution in [2.75, 3.05) is 0 Å². The summed E-state index contributed by atoms with van der Waals surface area (Å²) in [5.41, 5.74) is 0. The number of hydrogen-bond acceptors (Lipinski definition) is 0. The van der Waals surface area contributed by atoms with Gasteiger partial charge in [-0.15, -0.1) is 0 Å². The molecule has 0 heterocycles.